The van der Waals surface area contributed by atoms with Gasteiger partial charge in [-0.1, -0.05) is 23.2 Å². The van der Waals surface area contributed by atoms with Crippen LogP contribution >= 0.6 is 11.6 Å². The number of hydrogen-bond acceptors (Lipinski definition) is 7. The molecule has 4 aromatic rings. The summed E-state index contributed by atoms with van der Waals surface area (Å²) >= 11 is 5.78. The predicted octanol–water partition coefficient (Wildman–Crippen LogP) is 2.81. The van der Waals surface area contributed by atoms with Crippen LogP contribution in [0.2, 0.25) is 5.02 Å². The summed E-state index contributed by atoms with van der Waals surface area (Å²) < 4.78 is 8.22. The fourth-order valence-electron chi connectivity index (χ4n) is 3.19. The van der Waals surface area contributed by atoms with Gasteiger partial charge >= 0.3 is 5.97 Å². The van der Waals surface area contributed by atoms with Gasteiger partial charge in [0.25, 0.3) is 11.2 Å². The second-order valence-electron chi connectivity index (χ2n) is 6.63. The highest BCUT2D eigenvalue weighted by atomic mass is 35.5. The Morgan fingerprint density at radius 2 is 2.00 bits per heavy atom. The van der Waals surface area contributed by atoms with Crippen molar-refractivity contribution in [2.24, 2.45) is 7.05 Å². The number of nitrogens with zero attached hydrogens (tertiary/aromatic N) is 5. The van der Waals surface area contributed by atoms with Gasteiger partial charge in [0.1, 0.15) is 5.56 Å². The molecule has 4 rings (SSSR count). The molecular formula is C19H14ClN5O5. The average Bonchev–Trinajstić information content (AvgIpc) is 3.14. The van der Waals surface area contributed by atoms with E-state index in [4.69, 9.17) is 16.3 Å². The monoisotopic (exact) mass is 427 g/mol. The highest BCUT2D eigenvalue weighted by Crippen LogP contribution is 2.24. The normalized spacial score (nSPS) is 11.2. The molecule has 0 saturated carbocycles. The van der Waals surface area contributed by atoms with Crippen LogP contribution < -0.4 is 5.56 Å². The first-order valence-electron chi connectivity index (χ1n) is 8.72. The Hall–Kier alpha value is -3.79. The van der Waals surface area contributed by atoms with E-state index in [9.17, 15) is 19.7 Å². The Labute approximate surface area is 173 Å². The van der Waals surface area contributed by atoms with Crippen LogP contribution in [0.5, 0.6) is 0 Å². The number of nitro groups is 1. The van der Waals surface area contributed by atoms with E-state index in [0.717, 1.165) is 11.6 Å². The predicted molar refractivity (Wildman–Crippen MR) is 108 cm³/mol. The summed E-state index contributed by atoms with van der Waals surface area (Å²) in [7, 11) is 1.57. The molecule has 152 valence electrons. The Bertz CT molecular complexity index is 1410. The number of aromatic nitrogens is 4. The minimum absolute atomic E-state index is 0.129. The molecule has 0 aliphatic heterocycles. The first kappa shape index (κ1) is 19.5. The molecule has 0 aliphatic carbocycles. The number of nitro benzene ring substituents is 1. The molecule has 11 heteroatoms. The highest BCUT2D eigenvalue weighted by Gasteiger charge is 2.23. The Morgan fingerprint density at radius 3 is 2.73 bits per heavy atom. The van der Waals surface area contributed by atoms with Gasteiger partial charge < -0.3 is 4.74 Å². The first-order valence-corrected chi connectivity index (χ1v) is 9.10. The van der Waals surface area contributed by atoms with Gasteiger partial charge in [0.15, 0.2) is 12.4 Å². The van der Waals surface area contributed by atoms with Crippen molar-refractivity contribution in [3.8, 4) is 0 Å². The van der Waals surface area contributed by atoms with Crippen LogP contribution in [0.3, 0.4) is 0 Å². The molecule has 2 aromatic carbocycles. The lowest BCUT2D eigenvalue weighted by molar-refractivity contribution is -0.385. The second kappa shape index (κ2) is 7.23. The third-order valence-electron chi connectivity index (χ3n) is 4.65. The fraction of sp³-hybridized carbons (Fsp3) is 0.158. The number of rotatable bonds is 4. The lowest BCUT2D eigenvalue weighted by Gasteiger charge is -2.09. The van der Waals surface area contributed by atoms with Crippen LogP contribution in [0.4, 0.5) is 5.69 Å². The van der Waals surface area contributed by atoms with Crippen LogP contribution in [0.25, 0.3) is 16.7 Å². The molecule has 0 atom stereocenters. The molecule has 2 aromatic heterocycles. The van der Waals surface area contributed by atoms with Crippen LogP contribution in [-0.2, 0) is 18.4 Å². The fourth-order valence-corrected chi connectivity index (χ4v) is 3.35. The second-order valence-corrected chi connectivity index (χ2v) is 7.07. The minimum Gasteiger partial charge on any atom is -0.454 e. The number of benzene rings is 2. The van der Waals surface area contributed by atoms with Crippen molar-refractivity contribution < 1.29 is 14.5 Å². The van der Waals surface area contributed by atoms with Crippen molar-refractivity contribution in [1.29, 1.82) is 0 Å². The number of carbonyl (C=O) groups is 1. The number of hydrogen-bond donors (Lipinski definition) is 0. The van der Waals surface area contributed by atoms with Gasteiger partial charge in [0.05, 0.1) is 15.8 Å². The maximum absolute atomic E-state index is 12.6. The smallest absolute Gasteiger partial charge is 0.345 e. The van der Waals surface area contributed by atoms with Crippen LogP contribution in [0.15, 0.2) is 41.2 Å². The van der Waals surface area contributed by atoms with Crippen molar-refractivity contribution in [1.82, 2.24) is 19.2 Å². The molecule has 0 saturated heterocycles. The Balaban J connectivity index is 1.74. The number of halogens is 1. The van der Waals surface area contributed by atoms with Crippen LogP contribution in [0, 0.1) is 17.0 Å². The summed E-state index contributed by atoms with van der Waals surface area (Å²) in [5.41, 5.74) is 0.559. The van der Waals surface area contributed by atoms with Gasteiger partial charge in [-0.15, -0.1) is 10.2 Å². The summed E-state index contributed by atoms with van der Waals surface area (Å²) in [6.07, 6.45) is 0. The van der Waals surface area contributed by atoms with E-state index in [1.807, 2.05) is 13.0 Å². The highest BCUT2D eigenvalue weighted by molar-refractivity contribution is 6.31. The largest absolute Gasteiger partial charge is 0.454 e. The number of ether oxygens (including phenoxy) is 1. The maximum atomic E-state index is 12.6. The van der Waals surface area contributed by atoms with Crippen LogP contribution in [0.1, 0.15) is 21.7 Å². The molecule has 2 heterocycles. The number of fused-ring (bicyclic) bond motifs is 3. The molecule has 0 bridgehead atoms. The third-order valence-corrected chi connectivity index (χ3v) is 4.88. The van der Waals surface area contributed by atoms with E-state index in [2.05, 4.69) is 10.2 Å². The minimum atomic E-state index is -0.903. The summed E-state index contributed by atoms with van der Waals surface area (Å²) in [5.74, 6) is -0.362. The quantitative estimate of drug-likeness (QED) is 0.279. The van der Waals surface area contributed by atoms with Gasteiger partial charge in [-0.3, -0.25) is 23.9 Å². The third kappa shape index (κ3) is 3.16. The van der Waals surface area contributed by atoms with Gasteiger partial charge in [0.2, 0.25) is 5.78 Å². The van der Waals surface area contributed by atoms with Gasteiger partial charge in [0, 0.05) is 18.1 Å². The van der Waals surface area contributed by atoms with Gasteiger partial charge in [-0.2, -0.15) is 0 Å². The molecule has 10 nitrogen and oxygen atoms in total. The Kier molecular flexibility index (Phi) is 4.70. The van der Waals surface area contributed by atoms with E-state index >= 15 is 0 Å². The van der Waals surface area contributed by atoms with Crippen molar-refractivity contribution in [2.75, 3.05) is 0 Å². The van der Waals surface area contributed by atoms with E-state index < -0.39 is 16.6 Å². The molecule has 30 heavy (non-hydrogen) atoms. The van der Waals surface area contributed by atoms with Crippen molar-refractivity contribution in [3.63, 3.8) is 0 Å². The summed E-state index contributed by atoms with van der Waals surface area (Å²) in [5, 5.41) is 19.8. The summed E-state index contributed by atoms with van der Waals surface area (Å²) in [6.45, 7) is 1.57. The zero-order valence-corrected chi connectivity index (χ0v) is 16.6. The lowest BCUT2D eigenvalue weighted by atomic mass is 10.1. The molecule has 0 amide bonds. The topological polar surface area (TPSA) is 122 Å². The molecular weight excluding hydrogens is 414 g/mol. The average molecular weight is 428 g/mol. The first-order chi connectivity index (χ1) is 14.3. The van der Waals surface area contributed by atoms with Crippen molar-refractivity contribution in [2.45, 2.75) is 13.5 Å². The summed E-state index contributed by atoms with van der Waals surface area (Å²) in [4.78, 5) is 35.6. The SMILES string of the molecule is Cc1ccc2c(c1)c(=O)n(C)c1nnc(COC(=O)c3ccc(Cl)cc3[N+](=O)[O-])n21. The molecule has 0 unspecified atom stereocenters. The van der Waals surface area contributed by atoms with E-state index in [1.54, 1.807) is 23.6 Å². The van der Waals surface area contributed by atoms with Crippen molar-refractivity contribution in [3.05, 3.63) is 78.8 Å². The van der Waals surface area contributed by atoms with Gasteiger partial charge in [-0.25, -0.2) is 4.79 Å². The molecule has 0 spiro atoms. The molecule has 0 radical (unpaired) electrons. The summed E-state index contributed by atoms with van der Waals surface area (Å²) in [6, 6.07) is 9.03. The Morgan fingerprint density at radius 1 is 1.23 bits per heavy atom. The zero-order chi connectivity index (χ0) is 21.6. The standard InChI is InChI=1S/C19H14ClN5O5/c1-10-3-6-14-13(7-10)17(26)23(2)19-22-21-16(24(14)19)9-30-18(27)12-5-4-11(20)8-15(12)25(28)29/h3-8H,9H2,1-2H3. The van der Waals surface area contributed by atoms with E-state index in [1.165, 1.54) is 16.7 Å². The van der Waals surface area contributed by atoms with Gasteiger partial charge in [-0.05, 0) is 31.2 Å². The van der Waals surface area contributed by atoms with E-state index in [0.29, 0.717) is 10.9 Å². The van der Waals surface area contributed by atoms with E-state index in [-0.39, 0.29) is 34.4 Å². The number of esters is 1. The van der Waals surface area contributed by atoms with Crippen LogP contribution in [-0.4, -0.2) is 30.1 Å². The molecule has 0 N–H and O–H groups in total. The van der Waals surface area contributed by atoms with Crippen molar-refractivity contribution >= 4 is 39.9 Å². The molecule has 0 fully saturated rings. The maximum Gasteiger partial charge on any atom is 0.345 e. The number of carbonyl (C=O) groups excluding carboxylic acids is 1. The number of aryl methyl sites for hydroxylation is 2. The zero-order valence-electron chi connectivity index (χ0n) is 15.8. The molecule has 0 aliphatic rings. The lowest BCUT2D eigenvalue weighted by Crippen LogP contribution is -2.20.